The summed E-state index contributed by atoms with van der Waals surface area (Å²) in [6.45, 7) is 5.91. The van der Waals surface area contributed by atoms with Gasteiger partial charge >= 0.3 is 6.18 Å². The molecule has 7 nitrogen and oxygen atoms in total. The maximum Gasteiger partial charge on any atom is 0.416 e. The van der Waals surface area contributed by atoms with Gasteiger partial charge in [0.1, 0.15) is 11.8 Å². The number of halogens is 3. The van der Waals surface area contributed by atoms with E-state index in [4.69, 9.17) is 9.47 Å². The highest BCUT2D eigenvalue weighted by Crippen LogP contribution is 2.35. The molecule has 0 radical (unpaired) electrons. The number of anilines is 2. The van der Waals surface area contributed by atoms with Crippen molar-refractivity contribution in [1.82, 2.24) is 4.98 Å². The summed E-state index contributed by atoms with van der Waals surface area (Å²) in [7, 11) is 0. The topological polar surface area (TPSA) is 87.5 Å². The molecule has 2 aromatic carbocycles. The summed E-state index contributed by atoms with van der Waals surface area (Å²) in [6.07, 6.45) is -3.60. The summed E-state index contributed by atoms with van der Waals surface area (Å²) < 4.78 is 50.4. The number of rotatable bonds is 6. The van der Waals surface area contributed by atoms with Crippen molar-refractivity contribution in [2.24, 2.45) is 0 Å². The maximum atomic E-state index is 13.1. The number of aryl methyl sites for hydroxylation is 1. The van der Waals surface area contributed by atoms with Gasteiger partial charge in [0.25, 0.3) is 5.91 Å². The average molecular weight is 511 g/mol. The molecule has 1 atom stereocenters. The van der Waals surface area contributed by atoms with Gasteiger partial charge in [-0.3, -0.25) is 4.79 Å². The third-order valence-corrected chi connectivity index (χ3v) is 5.91. The number of hydrogen-bond donors (Lipinski definition) is 1. The van der Waals surface area contributed by atoms with Crippen molar-refractivity contribution < 1.29 is 27.4 Å². The molecule has 1 N–H and O–H groups in total. The molecule has 1 aromatic heterocycles. The third-order valence-electron chi connectivity index (χ3n) is 5.91. The molecule has 0 spiro atoms. The molecule has 2 heterocycles. The molecule has 0 saturated carbocycles. The highest BCUT2D eigenvalue weighted by molar-refractivity contribution is 6.04. The third kappa shape index (κ3) is 6.19. The lowest BCUT2D eigenvalue weighted by Crippen LogP contribution is -2.36. The van der Waals surface area contributed by atoms with Crippen LogP contribution >= 0.6 is 0 Å². The monoisotopic (exact) mass is 510 g/mol. The molecule has 1 aliphatic rings. The number of carbonyl (C=O) groups excluding carboxylic acids is 1. The fraction of sp³-hybridized carbons (Fsp3) is 0.296. The Kier molecular flexibility index (Phi) is 7.64. The normalized spacial score (nSPS) is 14.5. The Morgan fingerprint density at radius 3 is 2.65 bits per heavy atom. The number of alkyl halides is 3. The minimum absolute atomic E-state index is 0.0960. The summed E-state index contributed by atoms with van der Waals surface area (Å²) in [5.74, 6) is -0.311. The molecule has 10 heteroatoms. The number of morpholine rings is 1. The Balaban J connectivity index is 1.64. The number of pyridine rings is 1. The van der Waals surface area contributed by atoms with Crippen LogP contribution < -0.4 is 15.0 Å². The fourth-order valence-electron chi connectivity index (χ4n) is 3.95. The van der Waals surface area contributed by atoms with Crippen LogP contribution in [-0.4, -0.2) is 43.3 Å². The summed E-state index contributed by atoms with van der Waals surface area (Å²) in [5.41, 5.74) is 2.61. The number of hydrogen-bond acceptors (Lipinski definition) is 6. The van der Waals surface area contributed by atoms with Crippen molar-refractivity contribution in [1.29, 1.82) is 5.26 Å². The van der Waals surface area contributed by atoms with Gasteiger partial charge in [-0.05, 0) is 61.4 Å². The zero-order chi connectivity index (χ0) is 26.6. The smallest absolute Gasteiger partial charge is 0.416 e. The molecule has 1 fully saturated rings. The van der Waals surface area contributed by atoms with E-state index in [1.165, 1.54) is 12.1 Å². The molecule has 1 amide bonds. The van der Waals surface area contributed by atoms with Crippen LogP contribution in [0.2, 0.25) is 0 Å². The number of benzene rings is 2. The Hall–Kier alpha value is -4.10. The molecule has 0 bridgehead atoms. The first-order chi connectivity index (χ1) is 17.7. The number of nitrogens with zero attached hydrogens (tertiary/aromatic N) is 3. The van der Waals surface area contributed by atoms with Gasteiger partial charge in [0.2, 0.25) is 5.88 Å². The molecule has 1 unspecified atom stereocenters. The van der Waals surface area contributed by atoms with Crippen molar-refractivity contribution in [3.05, 3.63) is 71.4 Å². The van der Waals surface area contributed by atoms with Crippen LogP contribution in [0.25, 0.3) is 11.1 Å². The van der Waals surface area contributed by atoms with E-state index in [2.05, 4.69) is 15.2 Å². The van der Waals surface area contributed by atoms with Gasteiger partial charge in [0.05, 0.1) is 18.8 Å². The number of aromatic nitrogens is 1. The second-order valence-corrected chi connectivity index (χ2v) is 8.60. The SMILES string of the molecule is Cc1ccc(NC(=O)c2cccc(C(F)(F)F)c2)cc1-c1cnc(OC(C)C#N)c(N2CCOCC2)c1. The minimum atomic E-state index is -4.54. The number of ether oxygens (including phenoxy) is 2. The minimum Gasteiger partial charge on any atom is -0.458 e. The van der Waals surface area contributed by atoms with Gasteiger partial charge < -0.3 is 19.7 Å². The molecule has 3 aromatic rings. The predicted molar refractivity (Wildman–Crippen MR) is 133 cm³/mol. The van der Waals surface area contributed by atoms with E-state index in [1.807, 2.05) is 25.1 Å². The van der Waals surface area contributed by atoms with Crippen LogP contribution in [0.1, 0.15) is 28.4 Å². The van der Waals surface area contributed by atoms with Gasteiger partial charge in [-0.25, -0.2) is 4.98 Å². The highest BCUT2D eigenvalue weighted by atomic mass is 19.4. The second-order valence-electron chi connectivity index (χ2n) is 8.60. The second kappa shape index (κ2) is 10.9. The van der Waals surface area contributed by atoms with E-state index < -0.39 is 23.8 Å². The van der Waals surface area contributed by atoms with Crippen molar-refractivity contribution in [3.63, 3.8) is 0 Å². The molecular weight excluding hydrogens is 485 g/mol. The number of carbonyl (C=O) groups is 1. The van der Waals surface area contributed by atoms with Crippen LogP contribution in [0.5, 0.6) is 5.88 Å². The lowest BCUT2D eigenvalue weighted by molar-refractivity contribution is -0.137. The van der Waals surface area contributed by atoms with E-state index in [9.17, 15) is 23.2 Å². The number of nitrogens with one attached hydrogen (secondary N) is 1. The van der Waals surface area contributed by atoms with Gasteiger partial charge in [0, 0.05) is 36.1 Å². The summed E-state index contributed by atoms with van der Waals surface area (Å²) in [6, 6.07) is 13.5. The van der Waals surface area contributed by atoms with Crippen LogP contribution in [0.15, 0.2) is 54.7 Å². The summed E-state index contributed by atoms with van der Waals surface area (Å²) >= 11 is 0. The average Bonchev–Trinajstić information content (AvgIpc) is 2.90. The Morgan fingerprint density at radius 1 is 1.19 bits per heavy atom. The van der Waals surface area contributed by atoms with Crippen molar-refractivity contribution >= 4 is 17.3 Å². The predicted octanol–water partition coefficient (Wildman–Crippen LogP) is 5.46. The van der Waals surface area contributed by atoms with Crippen LogP contribution in [0.3, 0.4) is 0 Å². The maximum absolute atomic E-state index is 13.1. The van der Waals surface area contributed by atoms with Gasteiger partial charge in [-0.2, -0.15) is 18.4 Å². The van der Waals surface area contributed by atoms with Crippen molar-refractivity contribution in [3.8, 4) is 23.1 Å². The first-order valence-electron chi connectivity index (χ1n) is 11.6. The highest BCUT2D eigenvalue weighted by Gasteiger charge is 2.31. The van der Waals surface area contributed by atoms with E-state index in [1.54, 1.807) is 25.3 Å². The van der Waals surface area contributed by atoms with Crippen molar-refractivity contribution in [2.45, 2.75) is 26.1 Å². The zero-order valence-electron chi connectivity index (χ0n) is 20.3. The van der Waals surface area contributed by atoms with Gasteiger partial charge in [-0.15, -0.1) is 0 Å². The standard InChI is InChI=1S/C27H25F3N4O3/c1-17-6-7-22(33-25(35)19-4-3-5-21(12-19)27(28,29)30)14-23(17)20-13-24(34-8-10-36-11-9-34)26(32-16-20)37-18(2)15-31/h3-7,12-14,16,18H,8-11H2,1-2H3,(H,33,35). The summed E-state index contributed by atoms with van der Waals surface area (Å²) in [4.78, 5) is 19.3. The molecule has 1 aliphatic heterocycles. The van der Waals surface area contributed by atoms with E-state index in [0.717, 1.165) is 34.5 Å². The Bertz CT molecular complexity index is 1330. The molecule has 1 saturated heterocycles. The quantitative estimate of drug-likeness (QED) is 0.474. The molecule has 192 valence electrons. The summed E-state index contributed by atoms with van der Waals surface area (Å²) in [5, 5.41) is 11.9. The van der Waals surface area contributed by atoms with E-state index >= 15 is 0 Å². The van der Waals surface area contributed by atoms with Crippen LogP contribution in [0.4, 0.5) is 24.5 Å². The van der Waals surface area contributed by atoms with Crippen LogP contribution in [-0.2, 0) is 10.9 Å². The molecule has 4 rings (SSSR count). The van der Waals surface area contributed by atoms with E-state index in [0.29, 0.717) is 37.9 Å². The lowest BCUT2D eigenvalue weighted by atomic mass is 10.0. The molecule has 37 heavy (non-hydrogen) atoms. The Morgan fingerprint density at radius 2 is 1.95 bits per heavy atom. The number of nitriles is 1. The van der Waals surface area contributed by atoms with Crippen LogP contribution in [0, 0.1) is 18.3 Å². The van der Waals surface area contributed by atoms with E-state index in [-0.39, 0.29) is 5.56 Å². The van der Waals surface area contributed by atoms with Gasteiger partial charge in [-0.1, -0.05) is 12.1 Å². The molecular formula is C27H25F3N4O3. The lowest BCUT2D eigenvalue weighted by Gasteiger charge is -2.30. The number of amides is 1. The van der Waals surface area contributed by atoms with Crippen molar-refractivity contribution in [2.75, 3.05) is 36.5 Å². The first kappa shape index (κ1) is 26.0. The largest absolute Gasteiger partial charge is 0.458 e. The molecule has 0 aliphatic carbocycles. The fourth-order valence-corrected chi connectivity index (χ4v) is 3.95. The first-order valence-corrected chi connectivity index (χ1v) is 11.6. The zero-order valence-corrected chi connectivity index (χ0v) is 20.3. The van der Waals surface area contributed by atoms with Gasteiger partial charge in [0.15, 0.2) is 6.10 Å². The Labute approximate surface area is 212 Å².